The quantitative estimate of drug-likeness (QED) is 0.628. The van der Waals surface area contributed by atoms with Crippen LogP contribution >= 0.6 is 54.8 Å². The lowest BCUT2D eigenvalue weighted by Gasteiger charge is -1.97. The van der Waals surface area contributed by atoms with Crippen LogP contribution in [-0.4, -0.2) is 9.38 Å². The van der Waals surface area contributed by atoms with Crippen LogP contribution in [0.15, 0.2) is 33.3 Å². The maximum Gasteiger partial charge on any atom is 0.139 e. The predicted molar refractivity (Wildman–Crippen MR) is 83.3 cm³/mol. The number of aromatic nitrogens is 2. The largest absolute Gasteiger partial charge is 0.383 e. The molecule has 0 spiro atoms. The van der Waals surface area contributed by atoms with Crippen LogP contribution in [0.4, 0.5) is 5.82 Å². The molecule has 0 aromatic carbocycles. The minimum absolute atomic E-state index is 0.608. The predicted octanol–water partition coefficient (Wildman–Crippen LogP) is 4.82. The lowest BCUT2D eigenvalue weighted by Crippen LogP contribution is -1.93. The van der Waals surface area contributed by atoms with Crippen molar-refractivity contribution in [3.05, 3.63) is 37.7 Å². The smallest absolute Gasteiger partial charge is 0.139 e. The van der Waals surface area contributed by atoms with Gasteiger partial charge in [0, 0.05) is 15.1 Å². The maximum absolute atomic E-state index is 6.13. The standard InChI is InChI=1S/C11H6Br2ClN3S/c12-5-1-2-8-16-9(11(15)17(8)4-5)7-3-6(13)10(14)18-7/h1-4H,15H2. The Hall–Kier alpha value is -0.560. The van der Waals surface area contributed by atoms with E-state index in [1.807, 2.05) is 28.8 Å². The second kappa shape index (κ2) is 4.52. The van der Waals surface area contributed by atoms with Crippen LogP contribution in [0.25, 0.3) is 16.2 Å². The molecule has 0 unspecified atom stereocenters. The summed E-state index contributed by atoms with van der Waals surface area (Å²) in [5, 5.41) is 0. The van der Waals surface area contributed by atoms with Crippen molar-refractivity contribution in [2.45, 2.75) is 0 Å². The van der Waals surface area contributed by atoms with Gasteiger partial charge in [-0.05, 0) is 50.1 Å². The zero-order valence-electron chi connectivity index (χ0n) is 8.82. The lowest BCUT2D eigenvalue weighted by atomic mass is 10.3. The van der Waals surface area contributed by atoms with Crippen LogP contribution < -0.4 is 5.73 Å². The molecule has 0 atom stereocenters. The van der Waals surface area contributed by atoms with Gasteiger partial charge in [0.15, 0.2) is 0 Å². The summed E-state index contributed by atoms with van der Waals surface area (Å²) in [4.78, 5) is 5.47. The van der Waals surface area contributed by atoms with Gasteiger partial charge in [0.2, 0.25) is 0 Å². The third-order valence-electron chi connectivity index (χ3n) is 2.50. The van der Waals surface area contributed by atoms with E-state index in [4.69, 9.17) is 17.3 Å². The number of anilines is 1. The van der Waals surface area contributed by atoms with E-state index >= 15 is 0 Å². The number of nitrogen functional groups attached to an aromatic ring is 1. The zero-order chi connectivity index (χ0) is 12.9. The molecule has 3 nitrogen and oxygen atoms in total. The Morgan fingerprint density at radius 2 is 2.11 bits per heavy atom. The number of imidazole rings is 1. The highest BCUT2D eigenvalue weighted by molar-refractivity contribution is 9.10. The van der Waals surface area contributed by atoms with Gasteiger partial charge in [-0.1, -0.05) is 11.6 Å². The molecule has 3 rings (SSSR count). The summed E-state index contributed by atoms with van der Waals surface area (Å²) < 4.78 is 4.36. The molecule has 0 aliphatic heterocycles. The van der Waals surface area contributed by atoms with E-state index in [-0.39, 0.29) is 0 Å². The Balaban J connectivity index is 2.26. The van der Waals surface area contributed by atoms with Crippen molar-refractivity contribution in [1.29, 1.82) is 0 Å². The fraction of sp³-hybridized carbons (Fsp3) is 0. The van der Waals surface area contributed by atoms with Gasteiger partial charge in [-0.25, -0.2) is 4.98 Å². The van der Waals surface area contributed by atoms with E-state index in [0.29, 0.717) is 10.2 Å². The average Bonchev–Trinajstić information content (AvgIpc) is 2.82. The summed E-state index contributed by atoms with van der Waals surface area (Å²) in [5.74, 6) is 0.608. The number of nitrogens with two attached hydrogens (primary N) is 1. The van der Waals surface area contributed by atoms with Gasteiger partial charge in [-0.3, -0.25) is 4.40 Å². The molecule has 3 aromatic rings. The van der Waals surface area contributed by atoms with Crippen LogP contribution in [0.5, 0.6) is 0 Å². The molecule has 0 bridgehead atoms. The van der Waals surface area contributed by atoms with Crippen molar-refractivity contribution < 1.29 is 0 Å². The zero-order valence-corrected chi connectivity index (χ0v) is 13.6. The summed E-state index contributed by atoms with van der Waals surface area (Å²) in [6.45, 7) is 0. The number of halogens is 3. The van der Waals surface area contributed by atoms with Crippen LogP contribution in [0.2, 0.25) is 4.34 Å². The Bertz CT molecular complexity index is 731. The summed E-state index contributed by atoms with van der Waals surface area (Å²) in [6.07, 6.45) is 1.89. The highest BCUT2D eigenvalue weighted by Crippen LogP contribution is 2.39. The summed E-state index contributed by atoms with van der Waals surface area (Å²) >= 11 is 14.3. The molecule has 0 radical (unpaired) electrons. The third kappa shape index (κ3) is 1.97. The molecular weight excluding hydrogens is 401 g/mol. The van der Waals surface area contributed by atoms with Crippen LogP contribution in [0.1, 0.15) is 0 Å². The second-order valence-corrected chi connectivity index (χ2v) is 7.08. The Morgan fingerprint density at radius 3 is 2.78 bits per heavy atom. The van der Waals surface area contributed by atoms with Gasteiger partial charge in [-0.2, -0.15) is 0 Å². The second-order valence-electron chi connectivity index (χ2n) is 3.65. The molecule has 0 aliphatic carbocycles. The minimum atomic E-state index is 0.608. The number of nitrogens with zero attached hydrogens (tertiary/aromatic N) is 2. The fourth-order valence-corrected chi connectivity index (χ4v) is 3.72. The third-order valence-corrected chi connectivity index (χ3v) is 5.45. The van der Waals surface area contributed by atoms with Gasteiger partial charge >= 0.3 is 0 Å². The SMILES string of the molecule is Nc1c(-c2cc(Br)c(Cl)s2)nc2ccc(Br)cn12. The van der Waals surface area contributed by atoms with E-state index < -0.39 is 0 Å². The number of hydrogen-bond acceptors (Lipinski definition) is 3. The molecule has 7 heteroatoms. The molecule has 0 aliphatic rings. The fourth-order valence-electron chi connectivity index (χ4n) is 1.68. The van der Waals surface area contributed by atoms with Crippen molar-refractivity contribution in [3.8, 4) is 10.6 Å². The first-order valence-electron chi connectivity index (χ1n) is 4.94. The first kappa shape index (κ1) is 12.5. The highest BCUT2D eigenvalue weighted by Gasteiger charge is 2.15. The van der Waals surface area contributed by atoms with Crippen molar-refractivity contribution in [2.24, 2.45) is 0 Å². The summed E-state index contributed by atoms with van der Waals surface area (Å²) in [7, 11) is 0. The Kier molecular flexibility index (Phi) is 3.13. The minimum Gasteiger partial charge on any atom is -0.383 e. The van der Waals surface area contributed by atoms with Gasteiger partial charge in [0.05, 0.1) is 4.88 Å². The van der Waals surface area contributed by atoms with E-state index in [1.165, 1.54) is 11.3 Å². The highest BCUT2D eigenvalue weighted by atomic mass is 79.9. The van der Waals surface area contributed by atoms with Crippen LogP contribution in [-0.2, 0) is 0 Å². The Labute approximate surface area is 129 Å². The molecule has 2 N–H and O–H groups in total. The Morgan fingerprint density at radius 1 is 1.33 bits per heavy atom. The van der Waals surface area contributed by atoms with E-state index in [0.717, 1.165) is 25.2 Å². The van der Waals surface area contributed by atoms with Crippen LogP contribution in [0, 0.1) is 0 Å². The van der Waals surface area contributed by atoms with E-state index in [1.54, 1.807) is 0 Å². The lowest BCUT2D eigenvalue weighted by molar-refractivity contribution is 1.18. The molecule has 18 heavy (non-hydrogen) atoms. The maximum atomic E-state index is 6.13. The molecular formula is C11H6Br2ClN3S. The van der Waals surface area contributed by atoms with E-state index in [2.05, 4.69) is 36.8 Å². The van der Waals surface area contributed by atoms with Gasteiger partial charge in [-0.15, -0.1) is 11.3 Å². The van der Waals surface area contributed by atoms with Gasteiger partial charge in [0.25, 0.3) is 0 Å². The van der Waals surface area contributed by atoms with Crippen molar-refractivity contribution in [1.82, 2.24) is 9.38 Å². The first-order valence-corrected chi connectivity index (χ1v) is 7.72. The molecule has 3 aromatic heterocycles. The molecule has 0 saturated carbocycles. The summed E-state index contributed by atoms with van der Waals surface area (Å²) in [5.41, 5.74) is 7.69. The van der Waals surface area contributed by atoms with Crippen molar-refractivity contribution >= 4 is 66.3 Å². The molecule has 92 valence electrons. The van der Waals surface area contributed by atoms with Gasteiger partial charge in [0.1, 0.15) is 21.5 Å². The van der Waals surface area contributed by atoms with Gasteiger partial charge < -0.3 is 5.73 Å². The van der Waals surface area contributed by atoms with E-state index in [9.17, 15) is 0 Å². The number of pyridine rings is 1. The number of fused-ring (bicyclic) bond motifs is 1. The molecule has 3 heterocycles. The topological polar surface area (TPSA) is 43.3 Å². The molecule has 0 fully saturated rings. The summed E-state index contributed by atoms with van der Waals surface area (Å²) in [6, 6.07) is 5.78. The molecule has 0 saturated heterocycles. The normalized spacial score (nSPS) is 11.3. The van der Waals surface area contributed by atoms with Crippen molar-refractivity contribution in [3.63, 3.8) is 0 Å². The van der Waals surface area contributed by atoms with Crippen LogP contribution in [0.3, 0.4) is 0 Å². The molecule has 0 amide bonds. The van der Waals surface area contributed by atoms with Crippen molar-refractivity contribution in [2.75, 3.05) is 5.73 Å². The monoisotopic (exact) mass is 405 g/mol. The number of rotatable bonds is 1. The average molecular weight is 408 g/mol. The number of hydrogen-bond donors (Lipinski definition) is 1. The first-order chi connectivity index (χ1) is 8.56. The number of thiophene rings is 1.